The Bertz CT molecular complexity index is 165. The Morgan fingerprint density at radius 2 is 1.28 bits per heavy atom. The minimum atomic E-state index is -0.858. The molecule has 0 saturated heterocycles. The molecule has 18 heavy (non-hydrogen) atoms. The zero-order valence-electron chi connectivity index (χ0n) is 11.1. The number of ether oxygens (including phenoxy) is 1. The summed E-state index contributed by atoms with van der Waals surface area (Å²) in [5, 5.41) is 35.7. The molecule has 5 heteroatoms. The van der Waals surface area contributed by atoms with Crippen molar-refractivity contribution >= 4 is 0 Å². The summed E-state index contributed by atoms with van der Waals surface area (Å²) in [6.45, 7) is 0.232. The third-order valence-electron chi connectivity index (χ3n) is 2.78. The van der Waals surface area contributed by atoms with Gasteiger partial charge in [-0.25, -0.2) is 0 Å². The zero-order valence-corrected chi connectivity index (χ0v) is 11.1. The summed E-state index contributed by atoms with van der Waals surface area (Å²) in [6, 6.07) is 0. The molecule has 0 aliphatic carbocycles. The van der Waals surface area contributed by atoms with Crippen LogP contribution in [0, 0.1) is 0 Å². The van der Waals surface area contributed by atoms with Gasteiger partial charge in [0.15, 0.2) is 0 Å². The van der Waals surface area contributed by atoms with Crippen LogP contribution >= 0.6 is 0 Å². The Hall–Kier alpha value is -0.200. The summed E-state index contributed by atoms with van der Waals surface area (Å²) in [5.74, 6) is 0. The van der Waals surface area contributed by atoms with E-state index in [1.54, 1.807) is 0 Å². The molecule has 110 valence electrons. The molecule has 0 bridgehead atoms. The fraction of sp³-hybridized carbons (Fsp3) is 1.00. The normalized spacial score (nSPS) is 14.7. The predicted molar refractivity (Wildman–Crippen MR) is 69.3 cm³/mol. The molecule has 5 nitrogen and oxygen atoms in total. The van der Waals surface area contributed by atoms with Crippen molar-refractivity contribution in [3.05, 3.63) is 0 Å². The molecule has 0 amide bonds. The van der Waals surface area contributed by atoms with Crippen LogP contribution in [0.3, 0.4) is 0 Å². The lowest BCUT2D eigenvalue weighted by Crippen LogP contribution is -2.23. The van der Waals surface area contributed by atoms with Gasteiger partial charge in [-0.15, -0.1) is 0 Å². The lowest BCUT2D eigenvalue weighted by molar-refractivity contribution is -0.0262. The summed E-state index contributed by atoms with van der Waals surface area (Å²) < 4.78 is 5.07. The maximum absolute atomic E-state index is 9.57. The first-order chi connectivity index (χ1) is 8.70. The molecule has 0 radical (unpaired) electrons. The second-order valence-corrected chi connectivity index (χ2v) is 4.66. The van der Waals surface area contributed by atoms with Crippen LogP contribution in [0.2, 0.25) is 0 Å². The summed E-state index contributed by atoms with van der Waals surface area (Å²) in [7, 11) is 0. The summed E-state index contributed by atoms with van der Waals surface area (Å²) >= 11 is 0. The molecule has 0 spiro atoms. The van der Waals surface area contributed by atoms with Crippen LogP contribution in [0.15, 0.2) is 0 Å². The lowest BCUT2D eigenvalue weighted by Gasteiger charge is -2.12. The average molecular weight is 264 g/mol. The maximum atomic E-state index is 9.57. The van der Waals surface area contributed by atoms with E-state index in [1.807, 2.05) is 0 Å². The highest BCUT2D eigenvalue weighted by Gasteiger charge is 2.06. The van der Waals surface area contributed by atoms with Crippen LogP contribution in [0.1, 0.15) is 44.9 Å². The van der Waals surface area contributed by atoms with Gasteiger partial charge in [-0.3, -0.25) is 0 Å². The van der Waals surface area contributed by atoms with Crippen molar-refractivity contribution in [2.45, 2.75) is 57.2 Å². The summed E-state index contributed by atoms with van der Waals surface area (Å²) in [5.41, 5.74) is 0. The molecular formula is C13H28O5. The van der Waals surface area contributed by atoms with Crippen LogP contribution in [-0.4, -0.2) is 59.1 Å². The van der Waals surface area contributed by atoms with Crippen LogP contribution in [0.25, 0.3) is 0 Å². The highest BCUT2D eigenvalue weighted by molar-refractivity contribution is 4.56. The first kappa shape index (κ1) is 17.8. The van der Waals surface area contributed by atoms with E-state index in [1.165, 1.54) is 0 Å². The van der Waals surface area contributed by atoms with Crippen molar-refractivity contribution in [2.75, 3.05) is 26.4 Å². The zero-order chi connectivity index (χ0) is 13.6. The van der Waals surface area contributed by atoms with Gasteiger partial charge in [-0.05, 0) is 12.8 Å². The first-order valence-electron chi connectivity index (χ1n) is 6.86. The molecule has 2 atom stereocenters. The highest BCUT2D eigenvalue weighted by atomic mass is 16.5. The predicted octanol–water partition coefficient (Wildman–Crippen LogP) is 0.440. The third kappa shape index (κ3) is 12.3. The fourth-order valence-electron chi connectivity index (χ4n) is 1.68. The number of rotatable bonds is 13. The van der Waals surface area contributed by atoms with Crippen LogP contribution < -0.4 is 0 Å². The molecule has 0 rings (SSSR count). The first-order valence-corrected chi connectivity index (χ1v) is 6.86. The molecule has 2 unspecified atom stereocenters. The number of hydrogen-bond acceptors (Lipinski definition) is 5. The lowest BCUT2D eigenvalue weighted by atomic mass is 10.1. The smallest absolute Gasteiger partial charge is 0.100 e. The Kier molecular flexibility index (Phi) is 13.1. The largest absolute Gasteiger partial charge is 0.396 e. The standard InChI is InChI=1S/C13H28O5/c14-8-6-4-2-1-3-5-7-12(16)10-18-11-13(17)9-15/h12-17H,1-11H2. The van der Waals surface area contributed by atoms with Gasteiger partial charge < -0.3 is 25.2 Å². The van der Waals surface area contributed by atoms with Crippen LogP contribution in [0.5, 0.6) is 0 Å². The molecule has 0 aromatic rings. The van der Waals surface area contributed by atoms with Gasteiger partial charge in [0.1, 0.15) is 6.10 Å². The van der Waals surface area contributed by atoms with Gasteiger partial charge in [-0.1, -0.05) is 32.1 Å². The Balaban J connectivity index is 3.19. The molecule has 0 aromatic carbocycles. The van der Waals surface area contributed by atoms with Crippen molar-refractivity contribution in [3.8, 4) is 0 Å². The number of hydrogen-bond donors (Lipinski definition) is 4. The van der Waals surface area contributed by atoms with Crippen molar-refractivity contribution in [1.82, 2.24) is 0 Å². The Morgan fingerprint density at radius 1 is 0.722 bits per heavy atom. The van der Waals surface area contributed by atoms with Gasteiger partial charge in [0, 0.05) is 6.61 Å². The minimum Gasteiger partial charge on any atom is -0.396 e. The van der Waals surface area contributed by atoms with Crippen molar-refractivity contribution in [2.24, 2.45) is 0 Å². The summed E-state index contributed by atoms with van der Waals surface area (Å²) in [4.78, 5) is 0. The minimum absolute atomic E-state index is 0.0642. The van der Waals surface area contributed by atoms with Crippen molar-refractivity contribution < 1.29 is 25.2 Å². The fourth-order valence-corrected chi connectivity index (χ4v) is 1.68. The van der Waals surface area contributed by atoms with Gasteiger partial charge >= 0.3 is 0 Å². The molecule has 0 heterocycles. The maximum Gasteiger partial charge on any atom is 0.100 e. The van der Waals surface area contributed by atoms with E-state index in [2.05, 4.69) is 0 Å². The van der Waals surface area contributed by atoms with E-state index >= 15 is 0 Å². The SMILES string of the molecule is OCCCCCCCCC(O)COCC(O)CO. The number of unbranched alkanes of at least 4 members (excludes halogenated alkanes) is 5. The van der Waals surface area contributed by atoms with E-state index in [0.29, 0.717) is 6.42 Å². The van der Waals surface area contributed by atoms with Gasteiger partial charge in [0.25, 0.3) is 0 Å². The Morgan fingerprint density at radius 3 is 1.89 bits per heavy atom. The molecule has 4 N–H and O–H groups in total. The van der Waals surface area contributed by atoms with Gasteiger partial charge in [0.05, 0.1) is 25.9 Å². The summed E-state index contributed by atoms with van der Waals surface area (Å²) in [6.07, 6.45) is 5.62. The van der Waals surface area contributed by atoms with E-state index in [0.717, 1.165) is 38.5 Å². The van der Waals surface area contributed by atoms with E-state index < -0.39 is 12.2 Å². The van der Waals surface area contributed by atoms with E-state index in [9.17, 15) is 5.11 Å². The van der Waals surface area contributed by atoms with E-state index in [-0.39, 0.29) is 26.4 Å². The van der Waals surface area contributed by atoms with Gasteiger partial charge in [-0.2, -0.15) is 0 Å². The van der Waals surface area contributed by atoms with Crippen LogP contribution in [0.4, 0.5) is 0 Å². The molecular weight excluding hydrogens is 236 g/mol. The van der Waals surface area contributed by atoms with E-state index in [4.69, 9.17) is 20.1 Å². The van der Waals surface area contributed by atoms with Crippen molar-refractivity contribution in [3.63, 3.8) is 0 Å². The molecule has 0 saturated carbocycles. The van der Waals surface area contributed by atoms with Crippen LogP contribution in [-0.2, 0) is 4.74 Å². The third-order valence-corrected chi connectivity index (χ3v) is 2.78. The Labute approximate surface area is 109 Å². The average Bonchev–Trinajstić information content (AvgIpc) is 2.37. The molecule has 0 aliphatic rings. The molecule has 0 aromatic heterocycles. The monoisotopic (exact) mass is 264 g/mol. The quantitative estimate of drug-likeness (QED) is 0.362. The molecule has 0 fully saturated rings. The second kappa shape index (κ2) is 13.2. The van der Waals surface area contributed by atoms with Crippen molar-refractivity contribution in [1.29, 1.82) is 0 Å². The molecule has 0 aliphatic heterocycles. The number of aliphatic hydroxyl groups is 4. The second-order valence-electron chi connectivity index (χ2n) is 4.66. The number of aliphatic hydroxyl groups excluding tert-OH is 4. The highest BCUT2D eigenvalue weighted by Crippen LogP contribution is 2.08. The topological polar surface area (TPSA) is 90.2 Å². The van der Waals surface area contributed by atoms with Gasteiger partial charge in [0.2, 0.25) is 0 Å².